The van der Waals surface area contributed by atoms with E-state index in [0.29, 0.717) is 5.92 Å². The molecule has 1 saturated carbocycles. The second-order valence-corrected chi connectivity index (χ2v) is 8.23. The third-order valence-corrected chi connectivity index (χ3v) is 5.93. The average Bonchev–Trinajstić information content (AvgIpc) is 2.89. The predicted octanol–water partition coefficient (Wildman–Crippen LogP) is 7.88. The minimum atomic E-state index is 0.579. The lowest BCUT2D eigenvalue weighted by Crippen LogP contribution is -2.06. The van der Waals surface area contributed by atoms with Gasteiger partial charge in [-0.3, -0.25) is 0 Å². The quantitative estimate of drug-likeness (QED) is 0.373. The van der Waals surface area contributed by atoms with Crippen molar-refractivity contribution in [1.29, 1.82) is 0 Å². The summed E-state index contributed by atoms with van der Waals surface area (Å²) < 4.78 is 5.24. The summed E-state index contributed by atoms with van der Waals surface area (Å²) in [6.07, 6.45) is 6.43. The van der Waals surface area contributed by atoms with Crippen molar-refractivity contribution in [1.82, 2.24) is 0 Å². The van der Waals surface area contributed by atoms with Crippen LogP contribution < -0.4 is 4.74 Å². The van der Waals surface area contributed by atoms with E-state index in [-0.39, 0.29) is 0 Å². The van der Waals surface area contributed by atoms with Crippen LogP contribution in [0.5, 0.6) is 5.75 Å². The molecule has 0 aliphatic heterocycles. The van der Waals surface area contributed by atoms with Crippen LogP contribution in [0, 0.1) is 30.6 Å². The van der Waals surface area contributed by atoms with Crippen LogP contribution in [-0.4, -0.2) is 7.11 Å². The Bertz CT molecular complexity index is 1140. The molecule has 4 rings (SSSR count). The van der Waals surface area contributed by atoms with E-state index in [4.69, 9.17) is 4.74 Å². The van der Waals surface area contributed by atoms with Crippen LogP contribution in [0.25, 0.3) is 0 Å². The monoisotopic (exact) mass is 434 g/mol. The molecule has 0 radical (unpaired) electrons. The fourth-order valence-corrected chi connectivity index (χ4v) is 4.10. The molecule has 0 N–H and O–H groups in total. The number of benzene rings is 3. The first kappa shape index (κ1) is 24.2. The Kier molecular flexibility index (Phi) is 9.23. The molecule has 33 heavy (non-hydrogen) atoms. The number of methoxy groups -OCH3 is 1. The van der Waals surface area contributed by atoms with Gasteiger partial charge in [-0.2, -0.15) is 0 Å². The largest absolute Gasteiger partial charge is 0.497 e. The Morgan fingerprint density at radius 3 is 1.85 bits per heavy atom. The maximum atomic E-state index is 5.24. The molecule has 0 heterocycles. The second-order valence-electron chi connectivity index (χ2n) is 8.23. The van der Waals surface area contributed by atoms with Crippen molar-refractivity contribution in [2.75, 3.05) is 7.11 Å². The van der Waals surface area contributed by atoms with Crippen molar-refractivity contribution in [2.45, 2.75) is 58.8 Å². The second kappa shape index (κ2) is 12.6. The maximum Gasteiger partial charge on any atom is 0.118 e. The summed E-state index contributed by atoms with van der Waals surface area (Å²) >= 11 is 0. The van der Waals surface area contributed by atoms with Gasteiger partial charge in [0.25, 0.3) is 0 Å². The molecule has 0 saturated heterocycles. The van der Waals surface area contributed by atoms with Gasteiger partial charge in [-0.15, -0.1) is 0 Å². The van der Waals surface area contributed by atoms with E-state index in [1.54, 1.807) is 7.11 Å². The van der Waals surface area contributed by atoms with Crippen molar-refractivity contribution in [3.05, 3.63) is 100 Å². The van der Waals surface area contributed by atoms with Crippen molar-refractivity contribution < 1.29 is 4.74 Å². The Morgan fingerprint density at radius 1 is 0.667 bits per heavy atom. The highest BCUT2D eigenvalue weighted by Gasteiger charge is 2.18. The average molecular weight is 435 g/mol. The molecule has 0 unspecified atom stereocenters. The first-order valence-electron chi connectivity index (χ1n) is 12.1. The molecule has 0 spiro atoms. The molecule has 3 aromatic carbocycles. The van der Waals surface area contributed by atoms with Gasteiger partial charge in [0.05, 0.1) is 7.11 Å². The van der Waals surface area contributed by atoms with E-state index in [0.717, 1.165) is 28.0 Å². The molecule has 168 valence electrons. The zero-order valence-electron chi connectivity index (χ0n) is 20.4. The van der Waals surface area contributed by atoms with Crippen molar-refractivity contribution in [3.63, 3.8) is 0 Å². The van der Waals surface area contributed by atoms with E-state index in [9.17, 15) is 0 Å². The van der Waals surface area contributed by atoms with E-state index >= 15 is 0 Å². The summed E-state index contributed by atoms with van der Waals surface area (Å²) in [7, 11) is 1.68. The lowest BCUT2D eigenvalue weighted by atomic mass is 9.81. The van der Waals surface area contributed by atoms with Gasteiger partial charge in [0.1, 0.15) is 5.75 Å². The first-order valence-corrected chi connectivity index (χ1v) is 12.1. The topological polar surface area (TPSA) is 9.23 Å². The Balaban J connectivity index is 0.00000149. The van der Waals surface area contributed by atoms with E-state index in [2.05, 4.69) is 73.1 Å². The minimum absolute atomic E-state index is 0.579. The van der Waals surface area contributed by atoms with Crippen molar-refractivity contribution in [2.24, 2.45) is 0 Å². The Morgan fingerprint density at radius 2 is 1.21 bits per heavy atom. The molecule has 3 aromatic rings. The van der Waals surface area contributed by atoms with Gasteiger partial charge < -0.3 is 4.74 Å². The Hall–Kier alpha value is -3.42. The van der Waals surface area contributed by atoms with Crippen LogP contribution in [0.3, 0.4) is 0 Å². The highest BCUT2D eigenvalue weighted by atomic mass is 16.5. The normalized spacial score (nSPS) is 12.8. The fraction of sp³-hybridized carbons (Fsp3) is 0.312. The molecule has 1 aliphatic carbocycles. The molecule has 0 amide bonds. The summed E-state index contributed by atoms with van der Waals surface area (Å²) in [6.45, 7) is 6.10. The van der Waals surface area contributed by atoms with Gasteiger partial charge in [-0.25, -0.2) is 0 Å². The highest BCUT2D eigenvalue weighted by molar-refractivity contribution is 5.53. The SMILES string of the molecule is CC.COc1ccc(C#Cc2ccc(C#Cc3ccc(C)cc3)cc2C2CCCCC2)cc1. The number of hydrogen-bond donors (Lipinski definition) is 0. The van der Waals surface area contributed by atoms with Gasteiger partial charge in [-0.05, 0) is 85.8 Å². The fourth-order valence-electron chi connectivity index (χ4n) is 4.10. The molecule has 1 heteroatoms. The summed E-state index contributed by atoms with van der Waals surface area (Å²) in [5.41, 5.74) is 6.85. The summed E-state index contributed by atoms with van der Waals surface area (Å²) in [6, 6.07) is 22.8. The summed E-state index contributed by atoms with van der Waals surface area (Å²) in [5.74, 6) is 14.9. The van der Waals surface area contributed by atoms with Crippen LogP contribution in [0.2, 0.25) is 0 Å². The smallest absolute Gasteiger partial charge is 0.118 e. The van der Waals surface area contributed by atoms with Gasteiger partial charge in [0.15, 0.2) is 0 Å². The summed E-state index contributed by atoms with van der Waals surface area (Å²) in [5, 5.41) is 0. The lowest BCUT2D eigenvalue weighted by molar-refractivity contribution is 0.415. The summed E-state index contributed by atoms with van der Waals surface area (Å²) in [4.78, 5) is 0. The minimum Gasteiger partial charge on any atom is -0.497 e. The molecule has 1 aliphatic rings. The molecule has 1 nitrogen and oxygen atoms in total. The molecular formula is C32H34O. The number of aryl methyl sites for hydroxylation is 1. The number of ether oxygens (including phenoxy) is 1. The van der Waals surface area contributed by atoms with Crippen molar-refractivity contribution >= 4 is 0 Å². The third kappa shape index (κ3) is 7.03. The van der Waals surface area contributed by atoms with Gasteiger partial charge >= 0.3 is 0 Å². The van der Waals surface area contributed by atoms with Crippen LogP contribution in [-0.2, 0) is 0 Å². The molecule has 1 fully saturated rings. The zero-order chi connectivity index (χ0) is 23.5. The first-order chi connectivity index (χ1) is 16.2. The van der Waals surface area contributed by atoms with E-state index in [1.807, 2.05) is 38.1 Å². The molecular weight excluding hydrogens is 400 g/mol. The van der Waals surface area contributed by atoms with E-state index in [1.165, 1.54) is 43.2 Å². The van der Waals surface area contributed by atoms with Crippen molar-refractivity contribution in [3.8, 4) is 29.4 Å². The van der Waals surface area contributed by atoms with Crippen LogP contribution in [0.4, 0.5) is 0 Å². The molecule has 0 aromatic heterocycles. The van der Waals surface area contributed by atoms with Crippen LogP contribution >= 0.6 is 0 Å². The predicted molar refractivity (Wildman–Crippen MR) is 140 cm³/mol. The number of hydrogen-bond acceptors (Lipinski definition) is 1. The highest BCUT2D eigenvalue weighted by Crippen LogP contribution is 2.34. The van der Waals surface area contributed by atoms with Crippen LogP contribution in [0.1, 0.15) is 85.3 Å². The number of rotatable bonds is 2. The van der Waals surface area contributed by atoms with Gasteiger partial charge in [0, 0.05) is 22.3 Å². The molecule has 0 atom stereocenters. The Labute approximate surface area is 200 Å². The molecule has 0 bridgehead atoms. The lowest BCUT2D eigenvalue weighted by Gasteiger charge is -2.23. The standard InChI is InChI=1S/C30H28O.C2H6/c1-23-8-10-24(11-9-23)12-13-26-15-19-28(30(22-26)27-6-4-3-5-7-27)18-14-25-16-20-29(31-2)21-17-25;1-2/h8-11,15-17,19-22,27H,3-7H2,1-2H3;1-2H3. The van der Waals surface area contributed by atoms with Gasteiger partial charge in [-0.1, -0.05) is 74.5 Å². The third-order valence-electron chi connectivity index (χ3n) is 5.93. The zero-order valence-corrected chi connectivity index (χ0v) is 20.4. The van der Waals surface area contributed by atoms with E-state index < -0.39 is 0 Å². The van der Waals surface area contributed by atoms with Gasteiger partial charge in [0.2, 0.25) is 0 Å². The maximum absolute atomic E-state index is 5.24. The van der Waals surface area contributed by atoms with Crippen LogP contribution in [0.15, 0.2) is 66.7 Å².